The molecule has 0 aliphatic carbocycles. The van der Waals surface area contributed by atoms with Crippen LogP contribution in [0.5, 0.6) is 0 Å². The van der Waals surface area contributed by atoms with Gasteiger partial charge in [0.2, 0.25) is 5.91 Å². The van der Waals surface area contributed by atoms with Crippen LogP contribution < -0.4 is 5.73 Å². The van der Waals surface area contributed by atoms with Gasteiger partial charge in [-0.25, -0.2) is 4.98 Å². The second-order valence-corrected chi connectivity index (χ2v) is 3.28. The number of oxazole rings is 1. The molecule has 14 heavy (non-hydrogen) atoms. The van der Waals surface area contributed by atoms with Gasteiger partial charge < -0.3 is 15.1 Å². The summed E-state index contributed by atoms with van der Waals surface area (Å²) < 4.78 is 5.33. The van der Waals surface area contributed by atoms with Crippen LogP contribution in [0.4, 0.5) is 0 Å². The van der Waals surface area contributed by atoms with Crippen molar-refractivity contribution in [3.8, 4) is 0 Å². The topological polar surface area (TPSA) is 72.4 Å². The first-order valence-corrected chi connectivity index (χ1v) is 4.29. The molecule has 0 aliphatic rings. The van der Waals surface area contributed by atoms with E-state index in [0.717, 1.165) is 5.76 Å². The molecule has 5 nitrogen and oxygen atoms in total. The highest BCUT2D eigenvalue weighted by atomic mass is 16.4. The Bertz CT molecular complexity index is 307. The van der Waals surface area contributed by atoms with Crippen molar-refractivity contribution in [2.45, 2.75) is 13.0 Å². The van der Waals surface area contributed by atoms with Crippen LogP contribution in [0.1, 0.15) is 18.1 Å². The van der Waals surface area contributed by atoms with E-state index in [1.165, 1.54) is 0 Å². The van der Waals surface area contributed by atoms with Crippen molar-refractivity contribution >= 4 is 5.91 Å². The summed E-state index contributed by atoms with van der Waals surface area (Å²) >= 11 is 0. The van der Waals surface area contributed by atoms with Gasteiger partial charge in [0, 0.05) is 6.42 Å². The largest absolute Gasteiger partial charge is 0.444 e. The molecule has 1 aromatic rings. The van der Waals surface area contributed by atoms with Crippen LogP contribution in [-0.4, -0.2) is 29.9 Å². The summed E-state index contributed by atoms with van der Waals surface area (Å²) in [6.07, 6.45) is 3.37. The lowest BCUT2D eigenvalue weighted by molar-refractivity contribution is -0.117. The monoisotopic (exact) mass is 196 g/mol. The van der Waals surface area contributed by atoms with E-state index in [1.54, 1.807) is 12.6 Å². The molecule has 1 amide bonds. The summed E-state index contributed by atoms with van der Waals surface area (Å²) in [6.45, 7) is 0.692. The molecule has 0 fully saturated rings. The molecule has 77 valence electrons. The lowest BCUT2D eigenvalue weighted by Crippen LogP contribution is -2.10. The molecule has 0 aliphatic heterocycles. The molecule has 0 atom stereocenters. The summed E-state index contributed by atoms with van der Waals surface area (Å²) in [5.74, 6) is 0.823. The number of nitrogens with two attached hydrogens (primary N) is 1. The Balaban J connectivity index is 2.46. The van der Waals surface area contributed by atoms with Crippen molar-refractivity contribution in [3.63, 3.8) is 0 Å². The first-order valence-electron chi connectivity index (χ1n) is 4.29. The number of carbonyl (C=O) groups is 1. The van der Waals surface area contributed by atoms with Crippen molar-refractivity contribution in [1.82, 2.24) is 9.88 Å². The van der Waals surface area contributed by atoms with Crippen LogP contribution in [0.3, 0.4) is 0 Å². The number of aromatic nitrogens is 1. The van der Waals surface area contributed by atoms with Gasteiger partial charge in [-0.05, 0) is 14.1 Å². The van der Waals surface area contributed by atoms with E-state index in [4.69, 9.17) is 10.2 Å². The standard InChI is InChI=1S/C9H14N3O2/c1-12(2)6-7-5-11-9(14-7)4-3-8(10)13/h4-5H,3,6H2,1-2H3,(H2,10,13). The molecule has 0 saturated carbocycles. The van der Waals surface area contributed by atoms with Gasteiger partial charge in [0.1, 0.15) is 5.76 Å². The summed E-state index contributed by atoms with van der Waals surface area (Å²) in [5.41, 5.74) is 4.98. The fourth-order valence-corrected chi connectivity index (χ4v) is 0.990. The molecular weight excluding hydrogens is 182 g/mol. The Labute approximate surface area is 82.9 Å². The molecule has 1 rings (SSSR count). The third kappa shape index (κ3) is 3.57. The van der Waals surface area contributed by atoms with E-state index in [1.807, 2.05) is 19.0 Å². The van der Waals surface area contributed by atoms with E-state index >= 15 is 0 Å². The average molecular weight is 196 g/mol. The van der Waals surface area contributed by atoms with Crippen LogP contribution in [-0.2, 0) is 11.3 Å². The molecule has 0 spiro atoms. The lowest BCUT2D eigenvalue weighted by atomic mass is 10.3. The minimum absolute atomic E-state index is 0.155. The second-order valence-electron chi connectivity index (χ2n) is 3.28. The van der Waals surface area contributed by atoms with Gasteiger partial charge in [-0.2, -0.15) is 0 Å². The van der Waals surface area contributed by atoms with Crippen molar-refractivity contribution in [2.75, 3.05) is 14.1 Å². The molecule has 1 heterocycles. The first kappa shape index (κ1) is 10.7. The minimum Gasteiger partial charge on any atom is -0.444 e. The van der Waals surface area contributed by atoms with Crippen molar-refractivity contribution < 1.29 is 9.21 Å². The molecule has 0 aromatic carbocycles. The number of nitrogens with zero attached hydrogens (tertiary/aromatic N) is 2. The third-order valence-corrected chi connectivity index (χ3v) is 1.52. The molecule has 1 aromatic heterocycles. The SMILES string of the molecule is CN(C)Cc1cnc([CH]CC(N)=O)o1. The first-order chi connectivity index (χ1) is 6.58. The Hall–Kier alpha value is -1.36. The predicted molar refractivity (Wildman–Crippen MR) is 51.1 cm³/mol. The summed E-state index contributed by atoms with van der Waals surface area (Å²) in [7, 11) is 3.88. The Morgan fingerprint density at radius 1 is 1.71 bits per heavy atom. The number of primary amides is 1. The third-order valence-electron chi connectivity index (χ3n) is 1.52. The van der Waals surface area contributed by atoms with E-state index < -0.39 is 5.91 Å². The zero-order valence-corrected chi connectivity index (χ0v) is 8.36. The van der Waals surface area contributed by atoms with Gasteiger partial charge in [-0.3, -0.25) is 4.79 Å². The molecule has 0 bridgehead atoms. The number of carbonyl (C=O) groups excluding carboxylic acids is 1. The molecule has 5 heteroatoms. The van der Waals surface area contributed by atoms with E-state index in [2.05, 4.69) is 4.98 Å². The Kier molecular flexibility index (Phi) is 3.64. The van der Waals surface area contributed by atoms with Gasteiger partial charge in [0.15, 0.2) is 5.89 Å². The number of amides is 1. The van der Waals surface area contributed by atoms with Crippen LogP contribution >= 0.6 is 0 Å². The highest BCUT2D eigenvalue weighted by Crippen LogP contribution is 2.08. The highest BCUT2D eigenvalue weighted by Gasteiger charge is 2.06. The van der Waals surface area contributed by atoms with Gasteiger partial charge in [-0.15, -0.1) is 0 Å². The minimum atomic E-state index is -0.391. The highest BCUT2D eigenvalue weighted by molar-refractivity contribution is 5.75. The van der Waals surface area contributed by atoms with Crippen LogP contribution in [0.15, 0.2) is 10.6 Å². The smallest absolute Gasteiger partial charge is 0.218 e. The zero-order chi connectivity index (χ0) is 10.6. The fourth-order valence-electron chi connectivity index (χ4n) is 0.990. The Morgan fingerprint density at radius 3 is 3.00 bits per heavy atom. The van der Waals surface area contributed by atoms with Crippen LogP contribution in [0, 0.1) is 6.42 Å². The zero-order valence-electron chi connectivity index (χ0n) is 8.36. The van der Waals surface area contributed by atoms with Crippen LogP contribution in [0.2, 0.25) is 0 Å². The maximum Gasteiger partial charge on any atom is 0.218 e. The number of hydrogen-bond donors (Lipinski definition) is 1. The summed E-state index contributed by atoms with van der Waals surface area (Å²) in [5, 5.41) is 0. The van der Waals surface area contributed by atoms with Crippen molar-refractivity contribution in [1.29, 1.82) is 0 Å². The van der Waals surface area contributed by atoms with Gasteiger partial charge in [-0.1, -0.05) is 0 Å². The summed E-state index contributed by atoms with van der Waals surface area (Å²) in [4.78, 5) is 16.4. The fraction of sp³-hybridized carbons (Fsp3) is 0.444. The van der Waals surface area contributed by atoms with Gasteiger partial charge in [0.25, 0.3) is 0 Å². The van der Waals surface area contributed by atoms with Gasteiger partial charge >= 0.3 is 0 Å². The van der Waals surface area contributed by atoms with Gasteiger partial charge in [0.05, 0.1) is 19.2 Å². The molecule has 2 N–H and O–H groups in total. The van der Waals surface area contributed by atoms with Crippen LogP contribution in [0.25, 0.3) is 0 Å². The van der Waals surface area contributed by atoms with E-state index in [0.29, 0.717) is 12.4 Å². The second kappa shape index (κ2) is 4.76. The maximum atomic E-state index is 10.5. The predicted octanol–water partition coefficient (Wildman–Crippen LogP) is 0.164. The molecule has 1 radical (unpaired) electrons. The maximum absolute atomic E-state index is 10.5. The van der Waals surface area contributed by atoms with E-state index in [-0.39, 0.29) is 6.42 Å². The quantitative estimate of drug-likeness (QED) is 0.728. The summed E-state index contributed by atoms with van der Waals surface area (Å²) in [6, 6.07) is 0. The normalized spacial score (nSPS) is 10.8. The molecule has 0 saturated heterocycles. The van der Waals surface area contributed by atoms with Crippen molar-refractivity contribution in [3.05, 3.63) is 24.3 Å². The number of hydrogen-bond acceptors (Lipinski definition) is 4. The van der Waals surface area contributed by atoms with Crippen molar-refractivity contribution in [2.24, 2.45) is 5.73 Å². The number of rotatable bonds is 5. The Morgan fingerprint density at radius 2 is 2.43 bits per heavy atom. The molecule has 0 unspecified atom stereocenters. The average Bonchev–Trinajstić information content (AvgIpc) is 2.47. The lowest BCUT2D eigenvalue weighted by Gasteiger charge is -2.04. The molecular formula is C9H14N3O2. The van der Waals surface area contributed by atoms with E-state index in [9.17, 15) is 4.79 Å².